The van der Waals surface area contributed by atoms with E-state index in [1.807, 2.05) is 11.8 Å². The molecule has 23 heavy (non-hydrogen) atoms. The molecular formula is C19H24N2S2. The number of nitrogens with one attached hydrogen (secondary N) is 2. The number of rotatable bonds is 6. The molecule has 2 nitrogen and oxygen atoms in total. The minimum Gasteiger partial charge on any atom is -0.362 e. The third-order valence-electron chi connectivity index (χ3n) is 3.51. The predicted octanol–water partition coefficient (Wildman–Crippen LogP) is 5.20. The zero-order valence-electron chi connectivity index (χ0n) is 13.9. The van der Waals surface area contributed by atoms with Crippen LogP contribution in [-0.2, 0) is 0 Å². The van der Waals surface area contributed by atoms with E-state index in [-0.39, 0.29) is 0 Å². The Morgan fingerprint density at radius 3 is 2.30 bits per heavy atom. The van der Waals surface area contributed by atoms with Crippen molar-refractivity contribution < 1.29 is 0 Å². The standard InChI is InChI=1S/C19H24N2S2/c1-14(2)16-6-8-17(9-7-16)21-19(22)20-12-13-23-18-10-4-15(3)5-11-18/h4-11,14H,12-13H2,1-3H3,(H2,20,21,22). The third kappa shape index (κ3) is 6.24. The van der Waals surface area contributed by atoms with Crippen molar-refractivity contribution in [3.05, 3.63) is 59.7 Å². The SMILES string of the molecule is Cc1ccc(SCCNC(=S)Nc2ccc(C(C)C)cc2)cc1. The Labute approximate surface area is 149 Å². The minimum absolute atomic E-state index is 0.549. The smallest absolute Gasteiger partial charge is 0.170 e. The second-order valence-electron chi connectivity index (χ2n) is 5.82. The topological polar surface area (TPSA) is 24.1 Å². The van der Waals surface area contributed by atoms with Gasteiger partial charge in [-0.25, -0.2) is 0 Å². The first kappa shape index (κ1) is 17.8. The highest BCUT2D eigenvalue weighted by Gasteiger charge is 2.01. The monoisotopic (exact) mass is 344 g/mol. The van der Waals surface area contributed by atoms with Crippen molar-refractivity contribution in [1.29, 1.82) is 0 Å². The lowest BCUT2D eigenvalue weighted by molar-refractivity contribution is 0.867. The summed E-state index contributed by atoms with van der Waals surface area (Å²) in [6, 6.07) is 17.0. The van der Waals surface area contributed by atoms with Crippen LogP contribution in [0.15, 0.2) is 53.4 Å². The maximum Gasteiger partial charge on any atom is 0.170 e. The fraction of sp³-hybridized carbons (Fsp3) is 0.316. The molecule has 122 valence electrons. The maximum atomic E-state index is 5.34. The van der Waals surface area contributed by atoms with Crippen LogP contribution in [0.4, 0.5) is 5.69 Å². The first-order valence-corrected chi connectivity index (χ1v) is 9.28. The third-order valence-corrected chi connectivity index (χ3v) is 4.77. The zero-order valence-corrected chi connectivity index (χ0v) is 15.6. The van der Waals surface area contributed by atoms with E-state index in [0.717, 1.165) is 18.0 Å². The van der Waals surface area contributed by atoms with Crippen LogP contribution in [0.5, 0.6) is 0 Å². The summed E-state index contributed by atoms with van der Waals surface area (Å²) in [7, 11) is 0. The quantitative estimate of drug-likeness (QED) is 0.427. The van der Waals surface area contributed by atoms with Crippen LogP contribution in [0.3, 0.4) is 0 Å². The Bertz CT molecular complexity index is 619. The molecule has 2 aromatic rings. The largest absolute Gasteiger partial charge is 0.362 e. The highest BCUT2D eigenvalue weighted by atomic mass is 32.2. The molecule has 2 aromatic carbocycles. The van der Waals surface area contributed by atoms with Crippen molar-refractivity contribution in [3.63, 3.8) is 0 Å². The van der Waals surface area contributed by atoms with Gasteiger partial charge in [-0.3, -0.25) is 0 Å². The van der Waals surface area contributed by atoms with E-state index in [1.165, 1.54) is 16.0 Å². The molecule has 0 aromatic heterocycles. The van der Waals surface area contributed by atoms with Crippen LogP contribution in [-0.4, -0.2) is 17.4 Å². The Morgan fingerprint density at radius 1 is 1.04 bits per heavy atom. The summed E-state index contributed by atoms with van der Waals surface area (Å²) >= 11 is 7.17. The van der Waals surface area contributed by atoms with Gasteiger partial charge in [0, 0.05) is 22.9 Å². The average Bonchev–Trinajstić information content (AvgIpc) is 2.54. The van der Waals surface area contributed by atoms with E-state index in [0.29, 0.717) is 11.0 Å². The van der Waals surface area contributed by atoms with E-state index >= 15 is 0 Å². The van der Waals surface area contributed by atoms with E-state index < -0.39 is 0 Å². The normalized spacial score (nSPS) is 10.6. The van der Waals surface area contributed by atoms with Gasteiger partial charge in [-0.1, -0.05) is 43.7 Å². The zero-order chi connectivity index (χ0) is 16.7. The van der Waals surface area contributed by atoms with Gasteiger partial charge < -0.3 is 10.6 Å². The highest BCUT2D eigenvalue weighted by molar-refractivity contribution is 7.99. The summed E-state index contributed by atoms with van der Waals surface area (Å²) in [5, 5.41) is 7.15. The average molecular weight is 345 g/mol. The summed E-state index contributed by atoms with van der Waals surface area (Å²) in [5.41, 5.74) is 3.66. The molecule has 0 amide bonds. The predicted molar refractivity (Wildman–Crippen MR) is 107 cm³/mol. The molecule has 0 unspecified atom stereocenters. The van der Waals surface area contributed by atoms with Gasteiger partial charge in [-0.15, -0.1) is 11.8 Å². The molecule has 0 saturated carbocycles. The molecule has 0 aliphatic rings. The minimum atomic E-state index is 0.549. The molecular weight excluding hydrogens is 320 g/mol. The number of thioether (sulfide) groups is 1. The van der Waals surface area contributed by atoms with Crippen LogP contribution in [0.25, 0.3) is 0 Å². The van der Waals surface area contributed by atoms with Gasteiger partial charge in [0.1, 0.15) is 0 Å². The van der Waals surface area contributed by atoms with E-state index in [4.69, 9.17) is 12.2 Å². The van der Waals surface area contributed by atoms with Crippen molar-refractivity contribution >= 4 is 34.8 Å². The van der Waals surface area contributed by atoms with Crippen molar-refractivity contribution in [1.82, 2.24) is 5.32 Å². The van der Waals surface area contributed by atoms with E-state index in [9.17, 15) is 0 Å². The summed E-state index contributed by atoms with van der Waals surface area (Å²) in [5.74, 6) is 1.53. The first-order valence-electron chi connectivity index (χ1n) is 7.89. The summed E-state index contributed by atoms with van der Waals surface area (Å²) < 4.78 is 0. The molecule has 0 atom stereocenters. The van der Waals surface area contributed by atoms with E-state index in [2.05, 4.69) is 79.9 Å². The fourth-order valence-corrected chi connectivity index (χ4v) is 3.08. The fourth-order valence-electron chi connectivity index (χ4n) is 2.09. The summed E-state index contributed by atoms with van der Waals surface area (Å²) in [4.78, 5) is 1.29. The number of aryl methyl sites for hydroxylation is 1. The van der Waals surface area contributed by atoms with Gasteiger partial charge in [0.15, 0.2) is 5.11 Å². The molecule has 0 aliphatic heterocycles. The lowest BCUT2D eigenvalue weighted by atomic mass is 10.0. The van der Waals surface area contributed by atoms with Crippen LogP contribution in [0.2, 0.25) is 0 Å². The van der Waals surface area contributed by atoms with E-state index in [1.54, 1.807) is 0 Å². The highest BCUT2D eigenvalue weighted by Crippen LogP contribution is 2.18. The van der Waals surface area contributed by atoms with Crippen LogP contribution in [0.1, 0.15) is 30.9 Å². The molecule has 4 heteroatoms. The molecule has 0 spiro atoms. The molecule has 0 radical (unpaired) electrons. The van der Waals surface area contributed by atoms with Gasteiger partial charge in [0.25, 0.3) is 0 Å². The Morgan fingerprint density at radius 2 is 1.70 bits per heavy atom. The second-order valence-corrected chi connectivity index (χ2v) is 7.40. The molecule has 2 N–H and O–H groups in total. The molecule has 0 bridgehead atoms. The number of benzene rings is 2. The number of hydrogen-bond donors (Lipinski definition) is 2. The van der Waals surface area contributed by atoms with Crippen LogP contribution < -0.4 is 10.6 Å². The van der Waals surface area contributed by atoms with Crippen molar-refractivity contribution in [2.45, 2.75) is 31.6 Å². The Kier molecular flexibility index (Phi) is 6.93. The van der Waals surface area contributed by atoms with Gasteiger partial charge in [0.05, 0.1) is 0 Å². The molecule has 2 rings (SSSR count). The Balaban J connectivity index is 1.69. The van der Waals surface area contributed by atoms with Crippen LogP contribution >= 0.6 is 24.0 Å². The molecule has 0 saturated heterocycles. The van der Waals surface area contributed by atoms with Gasteiger partial charge >= 0.3 is 0 Å². The number of hydrogen-bond acceptors (Lipinski definition) is 2. The van der Waals surface area contributed by atoms with Gasteiger partial charge in [-0.2, -0.15) is 0 Å². The maximum absolute atomic E-state index is 5.34. The first-order chi connectivity index (χ1) is 11.0. The number of anilines is 1. The molecule has 0 fully saturated rings. The van der Waals surface area contributed by atoms with Gasteiger partial charge in [-0.05, 0) is 54.9 Å². The van der Waals surface area contributed by atoms with Crippen LogP contribution in [0, 0.1) is 6.92 Å². The van der Waals surface area contributed by atoms with Crippen molar-refractivity contribution in [2.24, 2.45) is 0 Å². The lowest BCUT2D eigenvalue weighted by Crippen LogP contribution is -2.30. The molecule has 0 aliphatic carbocycles. The summed E-state index contributed by atoms with van der Waals surface area (Å²) in [6.07, 6.45) is 0. The van der Waals surface area contributed by atoms with Crippen molar-refractivity contribution in [2.75, 3.05) is 17.6 Å². The van der Waals surface area contributed by atoms with Gasteiger partial charge in [0.2, 0.25) is 0 Å². The van der Waals surface area contributed by atoms with Crippen molar-refractivity contribution in [3.8, 4) is 0 Å². The summed E-state index contributed by atoms with van der Waals surface area (Å²) in [6.45, 7) is 7.34. The molecule has 0 heterocycles. The Hall–Kier alpha value is -1.52. The number of thiocarbonyl (C=S) groups is 1. The second kappa shape index (κ2) is 8.94. The lowest BCUT2D eigenvalue weighted by Gasteiger charge is -2.12.